The minimum absolute atomic E-state index is 0.346. The first-order valence-corrected chi connectivity index (χ1v) is 7.01. The standard InChI is InChI=1S/C14H28S/c1-8-13(5,6)10-11-15-14(7,9-2)12(3)4/h10-12H,8-9H2,1-7H3/b11-10-. The summed E-state index contributed by atoms with van der Waals surface area (Å²) in [6, 6.07) is 0. The zero-order valence-electron chi connectivity index (χ0n) is 11.6. The molecule has 0 bridgehead atoms. The summed E-state index contributed by atoms with van der Waals surface area (Å²) >= 11 is 1.99. The van der Waals surface area contributed by atoms with Gasteiger partial charge in [0.1, 0.15) is 0 Å². The lowest BCUT2D eigenvalue weighted by molar-refractivity contribution is 0.454. The Morgan fingerprint density at radius 1 is 1.07 bits per heavy atom. The first-order chi connectivity index (χ1) is 6.77. The topological polar surface area (TPSA) is 0 Å². The molecule has 1 heteroatoms. The molecule has 0 rings (SSSR count). The Bertz CT molecular complexity index is 203. The maximum atomic E-state index is 2.37. The molecule has 15 heavy (non-hydrogen) atoms. The lowest BCUT2D eigenvalue weighted by Gasteiger charge is -2.31. The highest BCUT2D eigenvalue weighted by molar-refractivity contribution is 8.03. The number of hydrogen-bond donors (Lipinski definition) is 0. The summed E-state index contributed by atoms with van der Waals surface area (Å²) in [6.07, 6.45) is 4.79. The van der Waals surface area contributed by atoms with Crippen molar-refractivity contribution in [2.75, 3.05) is 0 Å². The predicted octanol–water partition coefficient (Wildman–Crippen LogP) is 5.49. The van der Waals surface area contributed by atoms with Crippen LogP contribution in [0.2, 0.25) is 0 Å². The van der Waals surface area contributed by atoms with E-state index >= 15 is 0 Å². The molecule has 0 saturated carbocycles. The van der Waals surface area contributed by atoms with E-state index in [2.05, 4.69) is 60.0 Å². The molecule has 0 aromatic heterocycles. The molecule has 0 aliphatic carbocycles. The molecule has 0 fully saturated rings. The number of allylic oxidation sites excluding steroid dienone is 1. The van der Waals surface area contributed by atoms with E-state index < -0.39 is 0 Å². The zero-order valence-corrected chi connectivity index (χ0v) is 12.4. The van der Waals surface area contributed by atoms with Crippen LogP contribution in [0.25, 0.3) is 0 Å². The van der Waals surface area contributed by atoms with Gasteiger partial charge >= 0.3 is 0 Å². The second-order valence-corrected chi connectivity index (χ2v) is 7.02. The molecule has 0 amide bonds. The maximum Gasteiger partial charge on any atom is 0.0193 e. The molecule has 0 radical (unpaired) electrons. The van der Waals surface area contributed by atoms with Gasteiger partial charge in [0.05, 0.1) is 0 Å². The second kappa shape index (κ2) is 5.98. The number of hydrogen-bond acceptors (Lipinski definition) is 1. The van der Waals surface area contributed by atoms with Crippen molar-refractivity contribution >= 4 is 11.8 Å². The predicted molar refractivity (Wildman–Crippen MR) is 74.3 cm³/mol. The van der Waals surface area contributed by atoms with Crippen LogP contribution in [0.1, 0.15) is 61.3 Å². The van der Waals surface area contributed by atoms with Gasteiger partial charge in [0.25, 0.3) is 0 Å². The summed E-state index contributed by atoms with van der Waals surface area (Å²) in [4.78, 5) is 0. The molecule has 0 N–H and O–H groups in total. The van der Waals surface area contributed by atoms with Gasteiger partial charge in [-0.05, 0) is 36.5 Å². The SMILES string of the molecule is CCC(C)(C)/C=C\SC(C)(CC)C(C)C. The summed E-state index contributed by atoms with van der Waals surface area (Å²) in [5.41, 5.74) is 0.346. The summed E-state index contributed by atoms with van der Waals surface area (Å²) in [5, 5.41) is 2.31. The van der Waals surface area contributed by atoms with Gasteiger partial charge in [-0.25, -0.2) is 0 Å². The quantitative estimate of drug-likeness (QED) is 0.579. The Hall–Kier alpha value is 0.0900. The highest BCUT2D eigenvalue weighted by Gasteiger charge is 2.25. The van der Waals surface area contributed by atoms with Gasteiger partial charge < -0.3 is 0 Å². The lowest BCUT2D eigenvalue weighted by Crippen LogP contribution is -2.25. The Kier molecular flexibility index (Phi) is 6.02. The summed E-state index contributed by atoms with van der Waals surface area (Å²) in [7, 11) is 0. The molecule has 0 heterocycles. The van der Waals surface area contributed by atoms with Crippen molar-refractivity contribution in [2.45, 2.75) is 66.1 Å². The fraction of sp³-hybridized carbons (Fsp3) is 0.857. The third-order valence-electron chi connectivity index (χ3n) is 3.69. The van der Waals surface area contributed by atoms with Crippen molar-refractivity contribution in [1.29, 1.82) is 0 Å². The monoisotopic (exact) mass is 228 g/mol. The van der Waals surface area contributed by atoms with Crippen molar-refractivity contribution in [3.05, 3.63) is 11.5 Å². The summed E-state index contributed by atoms with van der Waals surface area (Å²) in [6.45, 7) is 16.1. The molecule has 0 saturated heterocycles. The lowest BCUT2D eigenvalue weighted by atomic mass is 9.91. The molecule has 0 aromatic rings. The van der Waals surface area contributed by atoms with Crippen molar-refractivity contribution in [1.82, 2.24) is 0 Å². The minimum atomic E-state index is 0.346. The first kappa shape index (κ1) is 15.1. The molecule has 0 spiro atoms. The van der Waals surface area contributed by atoms with E-state index in [0.29, 0.717) is 10.2 Å². The minimum Gasteiger partial charge on any atom is -0.128 e. The number of thioether (sulfide) groups is 1. The Morgan fingerprint density at radius 3 is 1.93 bits per heavy atom. The third-order valence-corrected chi connectivity index (χ3v) is 5.26. The smallest absolute Gasteiger partial charge is 0.0193 e. The third kappa shape index (κ3) is 5.10. The number of rotatable bonds is 6. The van der Waals surface area contributed by atoms with Gasteiger partial charge in [0.15, 0.2) is 0 Å². The van der Waals surface area contributed by atoms with Gasteiger partial charge in [-0.15, -0.1) is 11.8 Å². The fourth-order valence-electron chi connectivity index (χ4n) is 1.12. The van der Waals surface area contributed by atoms with Crippen LogP contribution in [0, 0.1) is 11.3 Å². The summed E-state index contributed by atoms with van der Waals surface area (Å²) in [5.74, 6) is 0.724. The molecule has 0 aliphatic rings. The molecule has 0 aliphatic heterocycles. The van der Waals surface area contributed by atoms with Crippen LogP contribution in [0.15, 0.2) is 11.5 Å². The van der Waals surface area contributed by atoms with Gasteiger partial charge in [-0.3, -0.25) is 0 Å². The van der Waals surface area contributed by atoms with Crippen molar-refractivity contribution in [2.24, 2.45) is 11.3 Å². The normalized spacial score (nSPS) is 17.3. The van der Waals surface area contributed by atoms with Crippen LogP contribution in [0.3, 0.4) is 0 Å². The van der Waals surface area contributed by atoms with Crippen molar-refractivity contribution in [3.8, 4) is 0 Å². The van der Waals surface area contributed by atoms with E-state index in [1.165, 1.54) is 12.8 Å². The molecule has 0 aromatic carbocycles. The molecular weight excluding hydrogens is 200 g/mol. The summed E-state index contributed by atoms with van der Waals surface area (Å²) < 4.78 is 0.389. The molecule has 1 atom stereocenters. The Morgan fingerprint density at radius 2 is 1.60 bits per heavy atom. The van der Waals surface area contributed by atoms with E-state index in [9.17, 15) is 0 Å². The largest absolute Gasteiger partial charge is 0.128 e. The van der Waals surface area contributed by atoms with E-state index in [-0.39, 0.29) is 0 Å². The van der Waals surface area contributed by atoms with Crippen LogP contribution >= 0.6 is 11.8 Å². The highest BCUT2D eigenvalue weighted by atomic mass is 32.2. The van der Waals surface area contributed by atoms with Gasteiger partial charge in [-0.2, -0.15) is 0 Å². The van der Waals surface area contributed by atoms with E-state index in [4.69, 9.17) is 0 Å². The van der Waals surface area contributed by atoms with Crippen molar-refractivity contribution in [3.63, 3.8) is 0 Å². The average Bonchev–Trinajstić information content (AvgIpc) is 2.17. The van der Waals surface area contributed by atoms with Crippen LogP contribution in [-0.2, 0) is 0 Å². The van der Waals surface area contributed by atoms with Crippen LogP contribution in [0.4, 0.5) is 0 Å². The van der Waals surface area contributed by atoms with Gasteiger partial charge in [0.2, 0.25) is 0 Å². The molecular formula is C14H28S. The molecule has 90 valence electrons. The molecule has 0 nitrogen and oxygen atoms in total. The van der Waals surface area contributed by atoms with Crippen LogP contribution in [0.5, 0.6) is 0 Å². The Balaban J connectivity index is 4.36. The van der Waals surface area contributed by atoms with E-state index in [1.54, 1.807) is 0 Å². The van der Waals surface area contributed by atoms with Gasteiger partial charge in [-0.1, -0.05) is 47.6 Å². The van der Waals surface area contributed by atoms with Gasteiger partial charge in [0, 0.05) is 4.75 Å². The average molecular weight is 228 g/mol. The van der Waals surface area contributed by atoms with Crippen LogP contribution in [-0.4, -0.2) is 4.75 Å². The fourth-order valence-corrected chi connectivity index (χ4v) is 2.31. The Labute approximate surface area is 101 Å². The molecule has 1 unspecified atom stereocenters. The van der Waals surface area contributed by atoms with Crippen LogP contribution < -0.4 is 0 Å². The maximum absolute atomic E-state index is 2.37. The zero-order chi connectivity index (χ0) is 12.1. The van der Waals surface area contributed by atoms with E-state index in [1.807, 2.05) is 11.8 Å². The first-order valence-electron chi connectivity index (χ1n) is 6.13. The highest BCUT2D eigenvalue weighted by Crippen LogP contribution is 2.37. The van der Waals surface area contributed by atoms with Crippen molar-refractivity contribution < 1.29 is 0 Å². The second-order valence-electron chi connectivity index (χ2n) is 5.58. The van der Waals surface area contributed by atoms with E-state index in [0.717, 1.165) is 5.92 Å².